The summed E-state index contributed by atoms with van der Waals surface area (Å²) in [5, 5.41) is 3.22. The molecule has 3 heteroatoms. The van der Waals surface area contributed by atoms with Crippen LogP contribution in [0.25, 0.3) is 0 Å². The van der Waals surface area contributed by atoms with Gasteiger partial charge in [-0.25, -0.2) is 0 Å². The second kappa shape index (κ2) is 6.40. The Bertz CT molecular complexity index is 107. The number of rotatable bonds is 6. The molecule has 0 amide bonds. The topological polar surface area (TPSA) is 24.5 Å². The number of nitrogens with zero attached hydrogens (tertiary/aromatic N) is 1. The van der Waals surface area contributed by atoms with Gasteiger partial charge in [0, 0.05) is 25.7 Å². The molecule has 0 saturated heterocycles. The predicted octanol–water partition coefficient (Wildman–Crippen LogP) is 0.561. The number of hydrogen-bond acceptors (Lipinski definition) is 3. The van der Waals surface area contributed by atoms with Gasteiger partial charge in [0.05, 0.1) is 6.61 Å². The third-order valence-electron chi connectivity index (χ3n) is 2.17. The van der Waals surface area contributed by atoms with E-state index in [0.29, 0.717) is 12.1 Å². The molecule has 0 aromatic heterocycles. The van der Waals surface area contributed by atoms with Crippen LogP contribution in [-0.4, -0.2) is 51.3 Å². The molecule has 0 heterocycles. The van der Waals surface area contributed by atoms with Crippen LogP contribution in [0.4, 0.5) is 0 Å². The lowest BCUT2D eigenvalue weighted by molar-refractivity contribution is 0.141. The van der Waals surface area contributed by atoms with Gasteiger partial charge in [-0.15, -0.1) is 0 Å². The van der Waals surface area contributed by atoms with Crippen molar-refractivity contribution >= 4 is 0 Å². The van der Waals surface area contributed by atoms with Gasteiger partial charge in [-0.3, -0.25) is 0 Å². The zero-order valence-corrected chi connectivity index (χ0v) is 8.92. The average molecular weight is 174 g/mol. The first-order valence-corrected chi connectivity index (χ1v) is 4.48. The summed E-state index contributed by atoms with van der Waals surface area (Å²) in [7, 11) is 5.84. The minimum Gasteiger partial charge on any atom is -0.383 e. The molecule has 0 fully saturated rings. The van der Waals surface area contributed by atoms with Crippen molar-refractivity contribution in [3.8, 4) is 0 Å². The van der Waals surface area contributed by atoms with Gasteiger partial charge in [0.1, 0.15) is 0 Å². The average Bonchev–Trinajstić information content (AvgIpc) is 2.03. The second-order valence-electron chi connectivity index (χ2n) is 3.47. The van der Waals surface area contributed by atoms with Crippen LogP contribution in [0.2, 0.25) is 0 Å². The van der Waals surface area contributed by atoms with Crippen LogP contribution in [0.5, 0.6) is 0 Å². The van der Waals surface area contributed by atoms with Gasteiger partial charge in [-0.05, 0) is 27.9 Å². The lowest BCUT2D eigenvalue weighted by Gasteiger charge is -2.26. The summed E-state index contributed by atoms with van der Waals surface area (Å²) in [6.07, 6.45) is 0. The molecule has 0 radical (unpaired) electrons. The van der Waals surface area contributed by atoms with E-state index in [1.165, 1.54) is 0 Å². The Balaban J connectivity index is 3.68. The molecule has 1 atom stereocenters. The molecule has 74 valence electrons. The molecule has 0 bridgehead atoms. The fourth-order valence-corrected chi connectivity index (χ4v) is 0.987. The van der Waals surface area contributed by atoms with Crippen molar-refractivity contribution in [1.82, 2.24) is 10.2 Å². The van der Waals surface area contributed by atoms with Crippen LogP contribution >= 0.6 is 0 Å². The van der Waals surface area contributed by atoms with E-state index < -0.39 is 0 Å². The fourth-order valence-electron chi connectivity index (χ4n) is 0.987. The van der Waals surface area contributed by atoms with E-state index >= 15 is 0 Å². The first kappa shape index (κ1) is 11.9. The first-order valence-electron chi connectivity index (χ1n) is 4.48. The van der Waals surface area contributed by atoms with E-state index in [2.05, 4.69) is 31.1 Å². The molecule has 1 unspecified atom stereocenters. The summed E-state index contributed by atoms with van der Waals surface area (Å²) in [6, 6.07) is 1.03. The molecule has 12 heavy (non-hydrogen) atoms. The van der Waals surface area contributed by atoms with E-state index in [9.17, 15) is 0 Å². The van der Waals surface area contributed by atoms with Crippen molar-refractivity contribution in [2.24, 2.45) is 0 Å². The highest BCUT2D eigenvalue weighted by atomic mass is 16.5. The maximum Gasteiger partial charge on any atom is 0.0628 e. The van der Waals surface area contributed by atoms with Crippen LogP contribution in [0.1, 0.15) is 13.8 Å². The third kappa shape index (κ3) is 4.70. The molecular formula is C9H22N2O. The van der Waals surface area contributed by atoms with Crippen molar-refractivity contribution in [2.75, 3.05) is 34.4 Å². The lowest BCUT2D eigenvalue weighted by atomic mass is 10.2. The van der Waals surface area contributed by atoms with Crippen molar-refractivity contribution in [2.45, 2.75) is 25.9 Å². The molecule has 3 nitrogen and oxygen atoms in total. The predicted molar refractivity (Wildman–Crippen MR) is 52.5 cm³/mol. The maximum absolute atomic E-state index is 5.09. The molecule has 0 aliphatic carbocycles. The number of likely N-dealkylation sites (N-methyl/N-ethyl adjacent to an activating group) is 2. The quantitative estimate of drug-likeness (QED) is 0.637. The molecule has 0 aromatic carbocycles. The smallest absolute Gasteiger partial charge is 0.0628 e. The normalized spacial score (nSPS) is 14.2. The minimum atomic E-state index is 0.433. The molecule has 0 saturated carbocycles. The van der Waals surface area contributed by atoms with Gasteiger partial charge >= 0.3 is 0 Å². The zero-order valence-electron chi connectivity index (χ0n) is 8.92. The monoisotopic (exact) mass is 174 g/mol. The Hall–Kier alpha value is -0.120. The van der Waals surface area contributed by atoms with Gasteiger partial charge in [0.15, 0.2) is 0 Å². The Morgan fingerprint density at radius 1 is 1.42 bits per heavy atom. The van der Waals surface area contributed by atoms with Crippen molar-refractivity contribution in [3.05, 3.63) is 0 Å². The van der Waals surface area contributed by atoms with Crippen LogP contribution in [0.15, 0.2) is 0 Å². The summed E-state index contributed by atoms with van der Waals surface area (Å²) < 4.78 is 5.09. The first-order chi connectivity index (χ1) is 5.61. The van der Waals surface area contributed by atoms with Crippen LogP contribution in [0.3, 0.4) is 0 Å². The Morgan fingerprint density at radius 3 is 2.33 bits per heavy atom. The fraction of sp³-hybridized carbons (Fsp3) is 1.00. The second-order valence-corrected chi connectivity index (χ2v) is 3.47. The Morgan fingerprint density at radius 2 is 2.00 bits per heavy atom. The number of nitrogens with one attached hydrogen (secondary N) is 1. The van der Waals surface area contributed by atoms with E-state index in [1.807, 2.05) is 7.05 Å². The molecule has 0 aromatic rings. The largest absolute Gasteiger partial charge is 0.383 e. The molecule has 0 aliphatic heterocycles. The SMILES string of the molecule is CNC(COC)CN(C)C(C)C. The van der Waals surface area contributed by atoms with Crippen LogP contribution in [-0.2, 0) is 4.74 Å². The lowest BCUT2D eigenvalue weighted by Crippen LogP contribution is -2.43. The van der Waals surface area contributed by atoms with E-state index in [1.54, 1.807) is 7.11 Å². The number of hydrogen-bond donors (Lipinski definition) is 1. The van der Waals surface area contributed by atoms with E-state index in [4.69, 9.17) is 4.74 Å². The van der Waals surface area contributed by atoms with Gasteiger partial charge < -0.3 is 15.0 Å². The molecule has 0 aliphatic rings. The van der Waals surface area contributed by atoms with Gasteiger partial charge in [0.25, 0.3) is 0 Å². The van der Waals surface area contributed by atoms with E-state index in [0.717, 1.165) is 13.2 Å². The summed E-state index contributed by atoms with van der Waals surface area (Å²) in [6.45, 7) is 6.19. The summed E-state index contributed by atoms with van der Waals surface area (Å²) >= 11 is 0. The summed E-state index contributed by atoms with van der Waals surface area (Å²) in [5.74, 6) is 0. The highest BCUT2D eigenvalue weighted by molar-refractivity contribution is 4.69. The molecule has 1 N–H and O–H groups in total. The Labute approximate surface area is 76.1 Å². The van der Waals surface area contributed by atoms with Gasteiger partial charge in [0.2, 0.25) is 0 Å². The van der Waals surface area contributed by atoms with Gasteiger partial charge in [-0.1, -0.05) is 0 Å². The Kier molecular flexibility index (Phi) is 6.34. The minimum absolute atomic E-state index is 0.433. The van der Waals surface area contributed by atoms with Gasteiger partial charge in [-0.2, -0.15) is 0 Å². The molecular weight excluding hydrogens is 152 g/mol. The molecule has 0 spiro atoms. The standard InChI is InChI=1S/C9H22N2O/c1-8(2)11(4)6-9(10-3)7-12-5/h8-10H,6-7H2,1-5H3. The van der Waals surface area contributed by atoms with Crippen molar-refractivity contribution in [3.63, 3.8) is 0 Å². The van der Waals surface area contributed by atoms with Crippen molar-refractivity contribution < 1.29 is 4.74 Å². The zero-order chi connectivity index (χ0) is 9.56. The third-order valence-corrected chi connectivity index (χ3v) is 2.17. The summed E-state index contributed by atoms with van der Waals surface area (Å²) in [4.78, 5) is 2.31. The van der Waals surface area contributed by atoms with Crippen molar-refractivity contribution in [1.29, 1.82) is 0 Å². The number of ether oxygens (including phenoxy) is 1. The maximum atomic E-state index is 5.09. The number of methoxy groups -OCH3 is 1. The highest BCUT2D eigenvalue weighted by Gasteiger charge is 2.10. The van der Waals surface area contributed by atoms with Crippen LogP contribution < -0.4 is 5.32 Å². The summed E-state index contributed by atoms with van der Waals surface area (Å²) in [5.41, 5.74) is 0. The molecule has 0 rings (SSSR count). The highest BCUT2D eigenvalue weighted by Crippen LogP contribution is 1.95. The van der Waals surface area contributed by atoms with Crippen LogP contribution in [0, 0.1) is 0 Å². The van der Waals surface area contributed by atoms with E-state index in [-0.39, 0.29) is 0 Å².